The van der Waals surface area contributed by atoms with Gasteiger partial charge in [0.25, 0.3) is 5.91 Å². The van der Waals surface area contributed by atoms with E-state index in [2.05, 4.69) is 40.9 Å². The Kier molecular flexibility index (Phi) is 6.65. The summed E-state index contributed by atoms with van der Waals surface area (Å²) in [5.74, 6) is -1.14. The molecule has 0 atom stereocenters. The molecule has 0 aromatic heterocycles. The van der Waals surface area contributed by atoms with Gasteiger partial charge in [-0.2, -0.15) is 13.9 Å². The minimum absolute atomic E-state index is 0.00494. The van der Waals surface area contributed by atoms with E-state index >= 15 is 0 Å². The minimum Gasteiger partial charge on any atom is -0.466 e. The largest absolute Gasteiger partial charge is 0.466 e. The van der Waals surface area contributed by atoms with Gasteiger partial charge in [0.1, 0.15) is 5.75 Å². The topological polar surface area (TPSA) is 89.3 Å². The number of hydrogen-bond acceptors (Lipinski definition) is 7. The zero-order valence-electron chi connectivity index (χ0n) is 12.5. The van der Waals surface area contributed by atoms with Gasteiger partial charge in [-0.25, -0.2) is 4.79 Å². The maximum Gasteiger partial charge on any atom is 0.387 e. The van der Waals surface area contributed by atoms with Gasteiger partial charge in [-0.05, 0) is 51.5 Å². The monoisotopic (exact) mass is 433 g/mol. The van der Waals surface area contributed by atoms with Crippen LogP contribution >= 0.6 is 27.7 Å². The lowest BCUT2D eigenvalue weighted by molar-refractivity contribution is -0.135. The molecule has 1 N–H and O–H groups in total. The van der Waals surface area contributed by atoms with Crippen LogP contribution in [0.5, 0.6) is 5.75 Å². The maximum atomic E-state index is 12.2. The third-order valence-corrected chi connectivity index (χ3v) is 4.15. The third-order valence-electron chi connectivity index (χ3n) is 2.63. The molecule has 1 heterocycles. The summed E-state index contributed by atoms with van der Waals surface area (Å²) in [5, 5.41) is 10.2. The molecule has 25 heavy (non-hydrogen) atoms. The molecule has 0 saturated carbocycles. The minimum atomic E-state index is -2.92. The number of nitrogens with zero attached hydrogens (tertiary/aromatic N) is 2. The van der Waals surface area contributed by atoms with E-state index in [0.29, 0.717) is 10.0 Å². The highest BCUT2D eigenvalue weighted by Gasteiger charge is 2.24. The Morgan fingerprint density at radius 3 is 2.84 bits per heavy atom. The highest BCUT2D eigenvalue weighted by Crippen LogP contribution is 2.27. The van der Waals surface area contributed by atoms with Crippen molar-refractivity contribution < 1.29 is 27.8 Å². The number of amidine groups is 1. The van der Waals surface area contributed by atoms with E-state index in [9.17, 15) is 18.4 Å². The van der Waals surface area contributed by atoms with Crippen molar-refractivity contribution in [3.63, 3.8) is 0 Å². The standard InChI is InChI=1S/C14H10BrF2N3O4S/c1-23-11(21)5-10-12(22)19-14(25-10)20-18-6-7-2-3-9(8(15)4-7)24-13(16)17/h2-6,13H,1H3,(H,19,20,22)/b10-5+,18-6?. The number of methoxy groups -OCH3 is 1. The average molecular weight is 434 g/mol. The van der Waals surface area contributed by atoms with Gasteiger partial charge >= 0.3 is 12.6 Å². The first-order chi connectivity index (χ1) is 11.9. The molecule has 1 aromatic rings. The van der Waals surface area contributed by atoms with Gasteiger partial charge < -0.3 is 9.47 Å². The second-order valence-electron chi connectivity index (χ2n) is 4.31. The first kappa shape index (κ1) is 19.1. The van der Waals surface area contributed by atoms with Crippen molar-refractivity contribution in [1.29, 1.82) is 0 Å². The number of esters is 1. The zero-order valence-corrected chi connectivity index (χ0v) is 14.9. The number of nitrogens with one attached hydrogen (secondary N) is 1. The van der Waals surface area contributed by atoms with E-state index in [1.54, 1.807) is 0 Å². The first-order valence-corrected chi connectivity index (χ1v) is 8.14. The fourth-order valence-corrected chi connectivity index (χ4v) is 2.81. The number of thioether (sulfide) groups is 1. The normalized spacial score (nSPS) is 17.6. The van der Waals surface area contributed by atoms with Crippen molar-refractivity contribution in [3.05, 3.63) is 39.2 Å². The molecule has 1 saturated heterocycles. The van der Waals surface area contributed by atoms with Gasteiger partial charge in [0.05, 0.1) is 22.7 Å². The summed E-state index contributed by atoms with van der Waals surface area (Å²) in [4.78, 5) is 22.9. The van der Waals surface area contributed by atoms with Crippen LogP contribution < -0.4 is 10.1 Å². The number of hydrogen-bond donors (Lipinski definition) is 1. The zero-order chi connectivity index (χ0) is 18.4. The number of benzene rings is 1. The van der Waals surface area contributed by atoms with Gasteiger partial charge in [-0.1, -0.05) is 0 Å². The van der Waals surface area contributed by atoms with E-state index in [-0.39, 0.29) is 15.8 Å². The highest BCUT2D eigenvalue weighted by atomic mass is 79.9. The van der Waals surface area contributed by atoms with Crippen LogP contribution in [0.2, 0.25) is 0 Å². The smallest absolute Gasteiger partial charge is 0.387 e. The summed E-state index contributed by atoms with van der Waals surface area (Å²) in [6.45, 7) is -2.92. The summed E-state index contributed by atoms with van der Waals surface area (Å²) in [5.41, 5.74) is 0.567. The average Bonchev–Trinajstić information content (AvgIpc) is 2.89. The van der Waals surface area contributed by atoms with E-state index in [4.69, 9.17) is 0 Å². The first-order valence-electron chi connectivity index (χ1n) is 6.53. The van der Waals surface area contributed by atoms with Crippen molar-refractivity contribution in [2.45, 2.75) is 6.61 Å². The van der Waals surface area contributed by atoms with Crippen molar-refractivity contribution in [3.8, 4) is 5.75 Å². The number of alkyl halides is 2. The fourth-order valence-electron chi connectivity index (χ4n) is 1.58. The lowest BCUT2D eigenvalue weighted by atomic mass is 10.2. The Morgan fingerprint density at radius 1 is 1.44 bits per heavy atom. The van der Waals surface area contributed by atoms with Crippen LogP contribution in [0.1, 0.15) is 5.56 Å². The molecule has 0 aliphatic carbocycles. The van der Waals surface area contributed by atoms with Crippen LogP contribution in [0.4, 0.5) is 8.78 Å². The molecule has 0 spiro atoms. The molecule has 132 valence electrons. The Bertz CT molecular complexity index is 783. The summed E-state index contributed by atoms with van der Waals surface area (Å²) >= 11 is 4.04. The van der Waals surface area contributed by atoms with Crippen LogP contribution in [-0.2, 0) is 14.3 Å². The van der Waals surface area contributed by atoms with E-state index in [1.807, 2.05) is 0 Å². The molecule has 0 bridgehead atoms. The Balaban J connectivity index is 2.04. The summed E-state index contributed by atoms with van der Waals surface area (Å²) in [7, 11) is 1.20. The number of ether oxygens (including phenoxy) is 2. The summed E-state index contributed by atoms with van der Waals surface area (Å²) < 4.78 is 33.4. The summed E-state index contributed by atoms with van der Waals surface area (Å²) in [6.07, 6.45) is 2.41. The van der Waals surface area contributed by atoms with Crippen molar-refractivity contribution in [2.24, 2.45) is 10.2 Å². The number of carbonyl (C=O) groups is 2. The quantitative estimate of drug-likeness (QED) is 0.333. The fraction of sp³-hybridized carbons (Fsp3) is 0.143. The maximum absolute atomic E-state index is 12.2. The van der Waals surface area contributed by atoms with Gasteiger partial charge in [-0.15, -0.1) is 5.10 Å². The number of amides is 1. The van der Waals surface area contributed by atoms with E-state index in [1.165, 1.54) is 31.5 Å². The predicted octanol–water partition coefficient (Wildman–Crippen LogP) is 2.66. The van der Waals surface area contributed by atoms with Gasteiger partial charge in [0.15, 0.2) is 5.17 Å². The highest BCUT2D eigenvalue weighted by molar-refractivity contribution is 9.10. The van der Waals surface area contributed by atoms with Crippen molar-refractivity contribution in [2.75, 3.05) is 7.11 Å². The molecule has 7 nitrogen and oxygen atoms in total. The number of halogens is 3. The molecular weight excluding hydrogens is 424 g/mol. The molecule has 1 aliphatic rings. The molecule has 0 radical (unpaired) electrons. The van der Waals surface area contributed by atoms with Gasteiger partial charge in [0.2, 0.25) is 0 Å². The Hall–Kier alpha value is -2.27. The van der Waals surface area contributed by atoms with Crippen molar-refractivity contribution >= 4 is 51.0 Å². The van der Waals surface area contributed by atoms with Crippen LogP contribution in [0.25, 0.3) is 0 Å². The lowest BCUT2D eigenvalue weighted by Crippen LogP contribution is -2.19. The molecule has 2 rings (SSSR count). The molecule has 1 fully saturated rings. The predicted molar refractivity (Wildman–Crippen MR) is 91.6 cm³/mol. The van der Waals surface area contributed by atoms with E-state index < -0.39 is 18.5 Å². The van der Waals surface area contributed by atoms with Crippen LogP contribution in [0, 0.1) is 0 Å². The molecule has 1 aliphatic heterocycles. The third kappa shape index (κ3) is 5.64. The van der Waals surface area contributed by atoms with Crippen LogP contribution in [0.15, 0.2) is 43.9 Å². The molecule has 11 heteroatoms. The summed E-state index contributed by atoms with van der Waals surface area (Å²) in [6, 6.07) is 4.38. The van der Waals surface area contributed by atoms with E-state index in [0.717, 1.165) is 17.8 Å². The Labute approximate surface area is 153 Å². The molecule has 0 unspecified atom stereocenters. The lowest BCUT2D eigenvalue weighted by Gasteiger charge is -2.06. The van der Waals surface area contributed by atoms with Gasteiger partial charge in [0, 0.05) is 6.08 Å². The molecule has 1 amide bonds. The number of rotatable bonds is 5. The second-order valence-corrected chi connectivity index (χ2v) is 6.19. The second kappa shape index (κ2) is 8.72. The SMILES string of the molecule is COC(=O)/C=C1/S/C(=N\N=Cc2ccc(OC(F)F)c(Br)c2)NC1=O. The molecular formula is C14H10BrF2N3O4S. The van der Waals surface area contributed by atoms with Crippen LogP contribution in [0.3, 0.4) is 0 Å². The molecule has 1 aromatic carbocycles. The number of carbonyl (C=O) groups excluding carboxylic acids is 2. The van der Waals surface area contributed by atoms with Gasteiger partial charge in [-0.3, -0.25) is 10.1 Å². The Morgan fingerprint density at radius 2 is 2.20 bits per heavy atom. The van der Waals surface area contributed by atoms with Crippen molar-refractivity contribution in [1.82, 2.24) is 5.32 Å². The van der Waals surface area contributed by atoms with Crippen LogP contribution in [-0.4, -0.2) is 37.0 Å².